The van der Waals surface area contributed by atoms with Crippen LogP contribution in [-0.4, -0.2) is 11.1 Å². The quantitative estimate of drug-likeness (QED) is 0.850. The number of aryl methyl sites for hydroxylation is 1. The largest absolute Gasteiger partial charge is 0.481 e. The average Bonchev–Trinajstić information content (AvgIpc) is 2.80. The van der Waals surface area contributed by atoms with Crippen LogP contribution in [0.5, 0.6) is 0 Å². The fourth-order valence-corrected chi connectivity index (χ4v) is 1.80. The first-order valence-corrected chi connectivity index (χ1v) is 5.73. The third-order valence-electron chi connectivity index (χ3n) is 2.68. The second-order valence-corrected chi connectivity index (χ2v) is 4.15. The first kappa shape index (κ1) is 12.2. The fraction of sp³-hybridized carbons (Fsp3) is 0.214. The summed E-state index contributed by atoms with van der Waals surface area (Å²) in [5.74, 6) is 0.0507. The number of hydrogen-bond acceptors (Lipinski definition) is 3. The van der Waals surface area contributed by atoms with E-state index in [0.717, 1.165) is 22.6 Å². The highest BCUT2D eigenvalue weighted by Gasteiger charge is 2.04. The van der Waals surface area contributed by atoms with Gasteiger partial charge in [-0.05, 0) is 36.2 Å². The van der Waals surface area contributed by atoms with E-state index in [9.17, 15) is 4.79 Å². The van der Waals surface area contributed by atoms with Crippen molar-refractivity contribution in [3.05, 3.63) is 53.5 Å². The second kappa shape index (κ2) is 5.40. The maximum atomic E-state index is 10.6. The van der Waals surface area contributed by atoms with Crippen LogP contribution in [0.2, 0.25) is 0 Å². The van der Waals surface area contributed by atoms with E-state index in [0.29, 0.717) is 6.54 Å². The molecule has 0 bridgehead atoms. The Labute approximate surface area is 105 Å². The summed E-state index contributed by atoms with van der Waals surface area (Å²) in [5.41, 5.74) is 2.82. The highest BCUT2D eigenvalue weighted by atomic mass is 16.4. The number of benzene rings is 1. The minimum atomic E-state index is -0.814. The Morgan fingerprint density at radius 2 is 2.22 bits per heavy atom. The molecule has 0 aliphatic carbocycles. The second-order valence-electron chi connectivity index (χ2n) is 4.15. The van der Waals surface area contributed by atoms with E-state index in [4.69, 9.17) is 9.52 Å². The van der Waals surface area contributed by atoms with Crippen molar-refractivity contribution < 1.29 is 14.3 Å². The zero-order valence-corrected chi connectivity index (χ0v) is 10.1. The summed E-state index contributed by atoms with van der Waals surface area (Å²) < 4.78 is 5.23. The van der Waals surface area contributed by atoms with Gasteiger partial charge in [0.1, 0.15) is 5.76 Å². The Morgan fingerprint density at radius 1 is 1.39 bits per heavy atom. The van der Waals surface area contributed by atoms with Crippen LogP contribution in [0.15, 0.2) is 41.0 Å². The van der Waals surface area contributed by atoms with Crippen molar-refractivity contribution in [2.24, 2.45) is 0 Å². The van der Waals surface area contributed by atoms with Gasteiger partial charge in [-0.3, -0.25) is 4.79 Å². The van der Waals surface area contributed by atoms with Gasteiger partial charge in [-0.2, -0.15) is 0 Å². The monoisotopic (exact) mass is 245 g/mol. The molecule has 1 heterocycles. The van der Waals surface area contributed by atoms with E-state index in [1.807, 2.05) is 37.3 Å². The van der Waals surface area contributed by atoms with E-state index < -0.39 is 5.97 Å². The zero-order valence-electron chi connectivity index (χ0n) is 10.1. The Kier molecular flexibility index (Phi) is 3.67. The summed E-state index contributed by atoms with van der Waals surface area (Å²) in [7, 11) is 0. The number of furan rings is 1. The third kappa shape index (κ3) is 3.13. The molecule has 0 fully saturated rings. The van der Waals surface area contributed by atoms with E-state index in [1.54, 1.807) is 6.26 Å². The van der Waals surface area contributed by atoms with E-state index >= 15 is 0 Å². The lowest BCUT2D eigenvalue weighted by molar-refractivity contribution is -0.136. The molecule has 0 radical (unpaired) electrons. The van der Waals surface area contributed by atoms with Gasteiger partial charge in [-0.25, -0.2) is 0 Å². The molecule has 94 valence electrons. The van der Waals surface area contributed by atoms with Crippen LogP contribution in [0.1, 0.15) is 16.9 Å². The van der Waals surface area contributed by atoms with Crippen LogP contribution in [0.25, 0.3) is 0 Å². The molecule has 1 aromatic carbocycles. The van der Waals surface area contributed by atoms with Gasteiger partial charge in [0.25, 0.3) is 0 Å². The van der Waals surface area contributed by atoms with Gasteiger partial charge in [-0.1, -0.05) is 12.1 Å². The van der Waals surface area contributed by atoms with Crippen LogP contribution < -0.4 is 5.32 Å². The van der Waals surface area contributed by atoms with E-state index in [1.165, 1.54) is 0 Å². The molecular weight excluding hydrogens is 230 g/mol. The van der Waals surface area contributed by atoms with Gasteiger partial charge in [0, 0.05) is 5.69 Å². The van der Waals surface area contributed by atoms with Crippen molar-refractivity contribution in [2.45, 2.75) is 19.9 Å². The number of nitrogens with one attached hydrogen (secondary N) is 1. The summed E-state index contributed by atoms with van der Waals surface area (Å²) in [6.45, 7) is 2.57. The van der Waals surface area contributed by atoms with Gasteiger partial charge >= 0.3 is 5.97 Å². The Balaban J connectivity index is 2.03. The Morgan fingerprint density at radius 3 is 2.83 bits per heavy atom. The molecule has 2 N–H and O–H groups in total. The lowest BCUT2D eigenvalue weighted by Crippen LogP contribution is -2.03. The number of anilines is 1. The molecule has 0 saturated heterocycles. The number of aliphatic carboxylic acids is 1. The van der Waals surface area contributed by atoms with Crippen LogP contribution >= 0.6 is 0 Å². The SMILES string of the molecule is Cc1cc(CC(=O)O)ccc1NCc1ccco1. The van der Waals surface area contributed by atoms with Crippen molar-refractivity contribution in [3.8, 4) is 0 Å². The van der Waals surface area contributed by atoms with Gasteiger partial charge in [0.15, 0.2) is 0 Å². The van der Waals surface area contributed by atoms with Gasteiger partial charge in [-0.15, -0.1) is 0 Å². The maximum absolute atomic E-state index is 10.6. The first-order valence-electron chi connectivity index (χ1n) is 5.73. The normalized spacial score (nSPS) is 10.3. The fourth-order valence-electron chi connectivity index (χ4n) is 1.80. The lowest BCUT2D eigenvalue weighted by atomic mass is 10.1. The van der Waals surface area contributed by atoms with Crippen LogP contribution in [-0.2, 0) is 17.8 Å². The van der Waals surface area contributed by atoms with Crippen LogP contribution in [0.3, 0.4) is 0 Å². The Bertz CT molecular complexity index is 532. The Hall–Kier alpha value is -2.23. The molecule has 0 aliphatic rings. The molecule has 0 unspecified atom stereocenters. The van der Waals surface area contributed by atoms with Crippen molar-refractivity contribution in [1.82, 2.24) is 0 Å². The average molecular weight is 245 g/mol. The predicted molar refractivity (Wildman–Crippen MR) is 68.6 cm³/mol. The number of hydrogen-bond donors (Lipinski definition) is 2. The lowest BCUT2D eigenvalue weighted by Gasteiger charge is -2.09. The summed E-state index contributed by atoms with van der Waals surface area (Å²) in [6.07, 6.45) is 1.69. The smallest absolute Gasteiger partial charge is 0.307 e. The summed E-state index contributed by atoms with van der Waals surface area (Å²) in [6, 6.07) is 9.36. The number of carbonyl (C=O) groups is 1. The number of carboxylic acid groups (broad SMARTS) is 1. The molecule has 0 saturated carbocycles. The third-order valence-corrected chi connectivity index (χ3v) is 2.68. The maximum Gasteiger partial charge on any atom is 0.307 e. The highest BCUT2D eigenvalue weighted by molar-refractivity contribution is 5.70. The minimum absolute atomic E-state index is 0.0549. The first-order chi connectivity index (χ1) is 8.65. The van der Waals surface area contributed by atoms with Gasteiger partial charge in [0.2, 0.25) is 0 Å². The minimum Gasteiger partial charge on any atom is -0.481 e. The molecule has 0 aliphatic heterocycles. The highest BCUT2D eigenvalue weighted by Crippen LogP contribution is 2.18. The van der Waals surface area contributed by atoms with Crippen LogP contribution in [0, 0.1) is 6.92 Å². The number of rotatable bonds is 5. The standard InChI is InChI=1S/C14H15NO3/c1-10-7-11(8-14(16)17)4-5-13(10)15-9-12-3-2-6-18-12/h2-7,15H,8-9H2,1H3,(H,16,17). The molecule has 18 heavy (non-hydrogen) atoms. The molecule has 0 atom stereocenters. The van der Waals surface area contributed by atoms with Crippen molar-refractivity contribution in [1.29, 1.82) is 0 Å². The topological polar surface area (TPSA) is 62.5 Å². The molecule has 0 spiro atoms. The van der Waals surface area contributed by atoms with Crippen molar-refractivity contribution in [2.75, 3.05) is 5.32 Å². The molecule has 4 nitrogen and oxygen atoms in total. The van der Waals surface area contributed by atoms with Crippen LogP contribution in [0.4, 0.5) is 5.69 Å². The molecule has 1 aromatic heterocycles. The van der Waals surface area contributed by atoms with E-state index in [2.05, 4.69) is 5.32 Å². The summed E-state index contributed by atoms with van der Waals surface area (Å²) in [5, 5.41) is 12.0. The van der Waals surface area contributed by atoms with Crippen molar-refractivity contribution >= 4 is 11.7 Å². The molecule has 4 heteroatoms. The molecule has 2 rings (SSSR count). The molecule has 0 amide bonds. The molecular formula is C14H15NO3. The zero-order chi connectivity index (χ0) is 13.0. The van der Waals surface area contributed by atoms with E-state index in [-0.39, 0.29) is 6.42 Å². The van der Waals surface area contributed by atoms with Gasteiger partial charge in [0.05, 0.1) is 19.2 Å². The van der Waals surface area contributed by atoms with Crippen molar-refractivity contribution in [3.63, 3.8) is 0 Å². The summed E-state index contributed by atoms with van der Waals surface area (Å²) >= 11 is 0. The summed E-state index contributed by atoms with van der Waals surface area (Å²) in [4.78, 5) is 10.6. The number of carboxylic acids is 1. The molecule has 2 aromatic rings. The predicted octanol–water partition coefficient (Wildman–Crippen LogP) is 2.83. The van der Waals surface area contributed by atoms with Gasteiger partial charge < -0.3 is 14.8 Å².